The summed E-state index contributed by atoms with van der Waals surface area (Å²) in [4.78, 5) is 28.9. The summed E-state index contributed by atoms with van der Waals surface area (Å²) in [5.74, 6) is 0.926. The van der Waals surface area contributed by atoms with E-state index in [1.165, 1.54) is 0 Å². The number of amides is 2. The molecule has 10 heteroatoms. The van der Waals surface area contributed by atoms with Gasteiger partial charge in [-0.2, -0.15) is 0 Å². The van der Waals surface area contributed by atoms with Crippen molar-refractivity contribution < 1.29 is 14.3 Å². The molecule has 10 nitrogen and oxygen atoms in total. The predicted octanol–water partition coefficient (Wildman–Crippen LogP) is 3.84. The molecule has 2 fully saturated rings. The van der Waals surface area contributed by atoms with Crippen molar-refractivity contribution in [3.05, 3.63) is 35.7 Å². The van der Waals surface area contributed by atoms with Crippen molar-refractivity contribution in [3.63, 3.8) is 0 Å². The smallest absolute Gasteiger partial charge is 0.407 e. The van der Waals surface area contributed by atoms with Crippen LogP contribution in [0, 0.1) is 0 Å². The highest BCUT2D eigenvalue weighted by atomic mass is 16.6. The highest BCUT2D eigenvalue weighted by Crippen LogP contribution is 2.39. The summed E-state index contributed by atoms with van der Waals surface area (Å²) in [6.07, 6.45) is 5.58. The van der Waals surface area contributed by atoms with Gasteiger partial charge in [0.1, 0.15) is 11.4 Å². The highest BCUT2D eigenvalue weighted by Gasteiger charge is 2.29. The number of carbonyl (C=O) groups is 2. The van der Waals surface area contributed by atoms with Crippen molar-refractivity contribution in [1.29, 1.82) is 0 Å². The molecule has 5 N–H and O–H groups in total. The number of aromatic nitrogens is 3. The van der Waals surface area contributed by atoms with Gasteiger partial charge >= 0.3 is 6.09 Å². The molecule has 0 radical (unpaired) electrons. The zero-order valence-electron chi connectivity index (χ0n) is 19.9. The second-order valence-electron chi connectivity index (χ2n) is 9.99. The van der Waals surface area contributed by atoms with Crippen molar-refractivity contribution in [1.82, 2.24) is 20.5 Å². The van der Waals surface area contributed by atoms with Gasteiger partial charge in [0.2, 0.25) is 0 Å². The molecule has 2 atom stereocenters. The molecule has 0 aromatic carbocycles. The zero-order valence-corrected chi connectivity index (χ0v) is 19.9. The minimum atomic E-state index is -0.679. The Kier molecular flexibility index (Phi) is 6.85. The number of anilines is 3. The Balaban J connectivity index is 1.50. The van der Waals surface area contributed by atoms with E-state index in [4.69, 9.17) is 10.5 Å². The maximum Gasteiger partial charge on any atom is 0.407 e. The Hall–Kier alpha value is -3.43. The number of primary amides is 1. The fourth-order valence-electron chi connectivity index (χ4n) is 4.13. The molecule has 2 heterocycles. The van der Waals surface area contributed by atoms with Gasteiger partial charge in [-0.3, -0.25) is 4.79 Å². The summed E-state index contributed by atoms with van der Waals surface area (Å²) in [5, 5.41) is 17.7. The van der Waals surface area contributed by atoms with Gasteiger partial charge in [0.05, 0.1) is 11.7 Å². The number of alkyl carbamates (subject to hydrolysis) is 1. The van der Waals surface area contributed by atoms with Gasteiger partial charge in [-0.1, -0.05) is 18.9 Å². The third-order valence-corrected chi connectivity index (χ3v) is 5.86. The molecule has 182 valence electrons. The van der Waals surface area contributed by atoms with Crippen LogP contribution >= 0.6 is 0 Å². The van der Waals surface area contributed by atoms with Crippen LogP contribution in [0.4, 0.5) is 22.1 Å². The quantitative estimate of drug-likeness (QED) is 0.481. The molecule has 0 saturated heterocycles. The Bertz CT molecular complexity index is 1050. The zero-order chi connectivity index (χ0) is 24.3. The summed E-state index contributed by atoms with van der Waals surface area (Å²) in [6, 6.07) is 7.32. The number of hydrogen-bond donors (Lipinski definition) is 4. The molecule has 2 amide bonds. The average Bonchev–Trinajstić information content (AvgIpc) is 3.59. The standard InChI is InChI=1S/C24H33N7O3/c1-24(2,3)34-23(33)29-17-8-5-4-7-16(17)27-20-13-18(21(22(25)32)31-30-20)28-19-10-6-9-15(26-19)14-11-12-14/h6,9-10,13-14,16-17H,4-5,7-8,11-12H2,1-3H3,(H2,25,32)(H,29,33)(H2,26,27,28,30). The van der Waals surface area contributed by atoms with E-state index in [-0.39, 0.29) is 17.8 Å². The number of hydrogen-bond acceptors (Lipinski definition) is 8. The average molecular weight is 468 g/mol. The number of nitrogens with zero attached hydrogens (tertiary/aromatic N) is 3. The SMILES string of the molecule is CC(C)(C)OC(=O)NC1CCCCC1Nc1cc(Nc2cccc(C3CC3)n2)c(C(N)=O)nn1. The Labute approximate surface area is 199 Å². The molecule has 2 aliphatic carbocycles. The number of nitrogens with two attached hydrogens (primary N) is 1. The molecule has 34 heavy (non-hydrogen) atoms. The molecule has 2 unspecified atom stereocenters. The molecule has 2 saturated carbocycles. The Morgan fingerprint density at radius 3 is 2.44 bits per heavy atom. The van der Waals surface area contributed by atoms with Gasteiger partial charge in [-0.15, -0.1) is 10.2 Å². The number of carbonyl (C=O) groups excluding carboxylic acids is 2. The van der Waals surface area contributed by atoms with Crippen LogP contribution in [0.1, 0.15) is 81.4 Å². The van der Waals surface area contributed by atoms with Crippen LogP contribution in [0.2, 0.25) is 0 Å². The minimum Gasteiger partial charge on any atom is -0.444 e. The molecule has 2 aromatic rings. The summed E-state index contributed by atoms with van der Waals surface area (Å²) in [6.45, 7) is 5.51. The third kappa shape index (κ3) is 6.33. The Morgan fingerprint density at radius 2 is 1.76 bits per heavy atom. The number of nitrogens with one attached hydrogen (secondary N) is 3. The fourth-order valence-corrected chi connectivity index (χ4v) is 4.13. The molecule has 2 aromatic heterocycles. The molecular formula is C24H33N7O3. The molecule has 0 spiro atoms. The van der Waals surface area contributed by atoms with Crippen LogP contribution < -0.4 is 21.7 Å². The van der Waals surface area contributed by atoms with Crippen LogP contribution in [-0.2, 0) is 4.74 Å². The lowest BCUT2D eigenvalue weighted by Gasteiger charge is -2.33. The van der Waals surface area contributed by atoms with Crippen LogP contribution in [-0.4, -0.2) is 44.9 Å². The maximum absolute atomic E-state index is 12.3. The lowest BCUT2D eigenvalue weighted by Crippen LogP contribution is -2.49. The summed E-state index contributed by atoms with van der Waals surface area (Å²) in [5.41, 5.74) is 6.47. The van der Waals surface area contributed by atoms with Crippen LogP contribution in [0.15, 0.2) is 24.3 Å². The van der Waals surface area contributed by atoms with E-state index in [0.717, 1.165) is 44.2 Å². The fraction of sp³-hybridized carbons (Fsp3) is 0.542. The number of rotatable bonds is 7. The highest BCUT2D eigenvalue weighted by molar-refractivity contribution is 5.97. The van der Waals surface area contributed by atoms with Crippen molar-refractivity contribution in [2.45, 2.75) is 82.9 Å². The third-order valence-electron chi connectivity index (χ3n) is 5.86. The summed E-state index contributed by atoms with van der Waals surface area (Å²) in [7, 11) is 0. The van der Waals surface area contributed by atoms with E-state index in [1.807, 2.05) is 39.0 Å². The van der Waals surface area contributed by atoms with Crippen molar-refractivity contribution in [3.8, 4) is 0 Å². The van der Waals surface area contributed by atoms with E-state index in [1.54, 1.807) is 6.07 Å². The van der Waals surface area contributed by atoms with Gasteiger partial charge in [-0.05, 0) is 58.6 Å². The van der Waals surface area contributed by atoms with E-state index < -0.39 is 17.6 Å². The van der Waals surface area contributed by atoms with E-state index in [2.05, 4.69) is 31.1 Å². The first-order valence-electron chi connectivity index (χ1n) is 11.9. The van der Waals surface area contributed by atoms with E-state index in [0.29, 0.717) is 23.2 Å². The molecular weight excluding hydrogens is 434 g/mol. The molecule has 2 aliphatic rings. The summed E-state index contributed by atoms with van der Waals surface area (Å²) >= 11 is 0. The lowest BCUT2D eigenvalue weighted by molar-refractivity contribution is 0.0488. The van der Waals surface area contributed by atoms with Gasteiger partial charge in [-0.25, -0.2) is 9.78 Å². The first-order valence-corrected chi connectivity index (χ1v) is 11.9. The molecule has 4 rings (SSSR count). The molecule has 0 bridgehead atoms. The normalized spacial score (nSPS) is 20.3. The lowest BCUT2D eigenvalue weighted by atomic mass is 9.90. The monoisotopic (exact) mass is 467 g/mol. The van der Waals surface area contributed by atoms with Crippen LogP contribution in [0.3, 0.4) is 0 Å². The number of pyridine rings is 1. The van der Waals surface area contributed by atoms with Crippen LogP contribution in [0.5, 0.6) is 0 Å². The van der Waals surface area contributed by atoms with Gasteiger partial charge < -0.3 is 26.4 Å². The number of ether oxygens (including phenoxy) is 1. The van der Waals surface area contributed by atoms with Crippen molar-refractivity contribution in [2.24, 2.45) is 5.73 Å². The van der Waals surface area contributed by atoms with E-state index in [9.17, 15) is 9.59 Å². The largest absolute Gasteiger partial charge is 0.444 e. The van der Waals surface area contributed by atoms with Gasteiger partial charge in [0.25, 0.3) is 5.91 Å². The maximum atomic E-state index is 12.3. The van der Waals surface area contributed by atoms with Gasteiger partial charge in [0.15, 0.2) is 11.5 Å². The van der Waals surface area contributed by atoms with Crippen molar-refractivity contribution >= 4 is 29.3 Å². The molecule has 0 aliphatic heterocycles. The topological polar surface area (TPSA) is 144 Å². The first-order chi connectivity index (χ1) is 16.2. The predicted molar refractivity (Wildman–Crippen MR) is 129 cm³/mol. The van der Waals surface area contributed by atoms with Gasteiger partial charge in [0, 0.05) is 23.7 Å². The second-order valence-corrected chi connectivity index (χ2v) is 9.99. The van der Waals surface area contributed by atoms with Crippen LogP contribution in [0.25, 0.3) is 0 Å². The Morgan fingerprint density at radius 1 is 1.03 bits per heavy atom. The van der Waals surface area contributed by atoms with E-state index >= 15 is 0 Å². The second kappa shape index (κ2) is 9.82. The summed E-state index contributed by atoms with van der Waals surface area (Å²) < 4.78 is 5.42. The first kappa shape index (κ1) is 23.7. The minimum absolute atomic E-state index is 0.0382. The van der Waals surface area contributed by atoms with Crippen molar-refractivity contribution in [2.75, 3.05) is 10.6 Å².